The van der Waals surface area contributed by atoms with Crippen LogP contribution >= 0.6 is 0 Å². The smallest absolute Gasteiger partial charge is 0.307 e. The van der Waals surface area contributed by atoms with Crippen molar-refractivity contribution in [1.29, 1.82) is 5.26 Å². The molecule has 144 valence electrons. The summed E-state index contributed by atoms with van der Waals surface area (Å²) in [5.74, 6) is -0.726. The molecule has 3 aromatic rings. The quantitative estimate of drug-likeness (QED) is 0.512. The number of amides is 1. The van der Waals surface area contributed by atoms with E-state index in [1.807, 2.05) is 42.5 Å². The molecule has 3 aromatic carbocycles. The van der Waals surface area contributed by atoms with Crippen LogP contribution in [0.4, 0.5) is 0 Å². The molecule has 0 aliphatic carbocycles. The van der Waals surface area contributed by atoms with Gasteiger partial charge in [0.1, 0.15) is 0 Å². The zero-order valence-corrected chi connectivity index (χ0v) is 16.0. The Bertz CT molecular complexity index is 1100. The number of ether oxygens (including phenoxy) is 1. The number of nitrogens with one attached hydrogen (secondary N) is 1. The number of fused-ring (bicyclic) bond motifs is 1. The predicted molar refractivity (Wildman–Crippen MR) is 112 cm³/mol. The standard InChI is InChI=1S/C24H20N2O3/c1-29-24(28)15-22(21-12-11-19-4-2-3-5-20(19)14-21)26-23(27)13-10-17-6-8-18(16-25)9-7-17/h2-14,22H,15H2,1H3,(H,26,27)/b13-10+. The molecule has 1 N–H and O–H groups in total. The van der Waals surface area contributed by atoms with E-state index < -0.39 is 12.0 Å². The molecule has 0 radical (unpaired) electrons. The highest BCUT2D eigenvalue weighted by atomic mass is 16.5. The number of carbonyl (C=O) groups excluding carboxylic acids is 2. The number of carbonyl (C=O) groups is 2. The molecule has 0 saturated carbocycles. The maximum atomic E-state index is 12.5. The summed E-state index contributed by atoms with van der Waals surface area (Å²) in [5, 5.41) is 13.8. The van der Waals surface area contributed by atoms with Gasteiger partial charge in [-0.25, -0.2) is 0 Å². The van der Waals surface area contributed by atoms with Crippen LogP contribution in [0.5, 0.6) is 0 Å². The fraction of sp³-hybridized carbons (Fsp3) is 0.125. The van der Waals surface area contributed by atoms with E-state index in [-0.39, 0.29) is 12.3 Å². The Morgan fingerprint density at radius 1 is 1.07 bits per heavy atom. The van der Waals surface area contributed by atoms with E-state index in [0.717, 1.165) is 21.9 Å². The molecule has 0 bridgehead atoms. The molecule has 0 aromatic heterocycles. The van der Waals surface area contributed by atoms with Gasteiger partial charge in [0.2, 0.25) is 5.91 Å². The number of hydrogen-bond donors (Lipinski definition) is 1. The van der Waals surface area contributed by atoms with Gasteiger partial charge in [0.05, 0.1) is 31.2 Å². The largest absolute Gasteiger partial charge is 0.469 e. The van der Waals surface area contributed by atoms with Gasteiger partial charge in [0.25, 0.3) is 0 Å². The second kappa shape index (κ2) is 9.34. The number of methoxy groups -OCH3 is 1. The van der Waals surface area contributed by atoms with Gasteiger partial charge in [-0.3, -0.25) is 9.59 Å². The minimum Gasteiger partial charge on any atom is -0.469 e. The number of rotatable bonds is 6. The molecule has 0 heterocycles. The topological polar surface area (TPSA) is 79.2 Å². The second-order valence-electron chi connectivity index (χ2n) is 6.52. The van der Waals surface area contributed by atoms with Crippen molar-refractivity contribution in [1.82, 2.24) is 5.32 Å². The number of nitrogens with zero attached hydrogens (tertiary/aromatic N) is 1. The molecule has 0 spiro atoms. The van der Waals surface area contributed by atoms with E-state index in [4.69, 9.17) is 10.00 Å². The zero-order chi connectivity index (χ0) is 20.6. The van der Waals surface area contributed by atoms with E-state index in [1.165, 1.54) is 13.2 Å². The Labute approximate surface area is 169 Å². The van der Waals surface area contributed by atoms with Crippen LogP contribution in [0.25, 0.3) is 16.8 Å². The first-order chi connectivity index (χ1) is 14.1. The van der Waals surface area contributed by atoms with Gasteiger partial charge in [0, 0.05) is 6.08 Å². The molecule has 1 atom stereocenters. The molecular weight excluding hydrogens is 364 g/mol. The van der Waals surface area contributed by atoms with E-state index >= 15 is 0 Å². The zero-order valence-electron chi connectivity index (χ0n) is 16.0. The van der Waals surface area contributed by atoms with Crippen LogP contribution in [-0.4, -0.2) is 19.0 Å². The molecule has 5 nitrogen and oxygen atoms in total. The average Bonchev–Trinajstić information content (AvgIpc) is 2.77. The molecule has 5 heteroatoms. The van der Waals surface area contributed by atoms with E-state index in [0.29, 0.717) is 5.56 Å². The van der Waals surface area contributed by atoms with Crippen LogP contribution in [0.1, 0.15) is 29.2 Å². The molecule has 0 aliphatic rings. The number of hydrogen-bond acceptors (Lipinski definition) is 4. The van der Waals surface area contributed by atoms with Crippen molar-refractivity contribution in [2.75, 3.05) is 7.11 Å². The lowest BCUT2D eigenvalue weighted by atomic mass is 9.99. The minimum absolute atomic E-state index is 0.0330. The summed E-state index contributed by atoms with van der Waals surface area (Å²) in [7, 11) is 1.33. The molecule has 0 aliphatic heterocycles. The molecule has 3 rings (SSSR count). The predicted octanol–water partition coefficient (Wildman–Crippen LogP) is 4.15. The highest BCUT2D eigenvalue weighted by molar-refractivity contribution is 5.92. The first kappa shape index (κ1) is 19.8. The van der Waals surface area contributed by atoms with Crippen molar-refractivity contribution < 1.29 is 14.3 Å². The number of benzene rings is 3. The van der Waals surface area contributed by atoms with Crippen LogP contribution in [0.3, 0.4) is 0 Å². The van der Waals surface area contributed by atoms with Crippen molar-refractivity contribution in [3.8, 4) is 6.07 Å². The third-order valence-corrected chi connectivity index (χ3v) is 4.56. The molecule has 1 amide bonds. The van der Waals surface area contributed by atoms with Crippen LogP contribution in [0, 0.1) is 11.3 Å². The Kier molecular flexibility index (Phi) is 6.39. The third-order valence-electron chi connectivity index (χ3n) is 4.56. The molecule has 1 unspecified atom stereocenters. The fourth-order valence-corrected chi connectivity index (χ4v) is 2.99. The maximum absolute atomic E-state index is 12.5. The van der Waals surface area contributed by atoms with Crippen LogP contribution in [0.2, 0.25) is 0 Å². The van der Waals surface area contributed by atoms with E-state index in [2.05, 4.69) is 11.4 Å². The second-order valence-corrected chi connectivity index (χ2v) is 6.52. The Hall–Kier alpha value is -3.91. The van der Waals surface area contributed by atoms with Crippen molar-refractivity contribution >= 4 is 28.7 Å². The first-order valence-corrected chi connectivity index (χ1v) is 9.13. The van der Waals surface area contributed by atoms with Gasteiger partial charge in [-0.1, -0.05) is 48.5 Å². The summed E-state index contributed by atoms with van der Waals surface area (Å²) < 4.78 is 4.79. The van der Waals surface area contributed by atoms with Gasteiger partial charge in [-0.15, -0.1) is 0 Å². The highest BCUT2D eigenvalue weighted by Crippen LogP contribution is 2.23. The Morgan fingerprint density at radius 3 is 2.48 bits per heavy atom. The highest BCUT2D eigenvalue weighted by Gasteiger charge is 2.18. The number of esters is 1. The summed E-state index contributed by atoms with van der Waals surface area (Å²) >= 11 is 0. The monoisotopic (exact) mass is 384 g/mol. The Balaban J connectivity index is 1.78. The molecule has 29 heavy (non-hydrogen) atoms. The maximum Gasteiger partial charge on any atom is 0.307 e. The van der Waals surface area contributed by atoms with Crippen molar-refractivity contribution in [2.45, 2.75) is 12.5 Å². The summed E-state index contributed by atoms with van der Waals surface area (Å²) in [6.07, 6.45) is 3.10. The van der Waals surface area contributed by atoms with Crippen molar-refractivity contribution in [3.05, 3.63) is 89.5 Å². The third kappa shape index (κ3) is 5.30. The lowest BCUT2D eigenvalue weighted by Gasteiger charge is -2.18. The van der Waals surface area contributed by atoms with Crippen LogP contribution in [-0.2, 0) is 14.3 Å². The van der Waals surface area contributed by atoms with Gasteiger partial charge < -0.3 is 10.1 Å². The average molecular weight is 384 g/mol. The summed E-state index contributed by atoms with van der Waals surface area (Å²) in [5.41, 5.74) is 2.18. The summed E-state index contributed by atoms with van der Waals surface area (Å²) in [6.45, 7) is 0. The summed E-state index contributed by atoms with van der Waals surface area (Å²) in [6, 6.07) is 22.2. The summed E-state index contributed by atoms with van der Waals surface area (Å²) in [4.78, 5) is 24.3. The lowest BCUT2D eigenvalue weighted by Crippen LogP contribution is -2.29. The van der Waals surface area contributed by atoms with Crippen LogP contribution in [0.15, 0.2) is 72.8 Å². The SMILES string of the molecule is COC(=O)CC(NC(=O)/C=C/c1ccc(C#N)cc1)c1ccc2ccccc2c1. The normalized spacial score (nSPS) is 11.7. The van der Waals surface area contributed by atoms with E-state index in [1.54, 1.807) is 30.3 Å². The fourth-order valence-electron chi connectivity index (χ4n) is 2.99. The van der Waals surface area contributed by atoms with E-state index in [9.17, 15) is 9.59 Å². The molecule has 0 saturated heterocycles. The van der Waals surface area contributed by atoms with Gasteiger partial charge in [-0.05, 0) is 46.2 Å². The van der Waals surface area contributed by atoms with Gasteiger partial charge in [-0.2, -0.15) is 5.26 Å². The molecular formula is C24H20N2O3. The van der Waals surface area contributed by atoms with Crippen LogP contribution < -0.4 is 5.32 Å². The van der Waals surface area contributed by atoms with Crippen molar-refractivity contribution in [2.24, 2.45) is 0 Å². The van der Waals surface area contributed by atoms with Crippen molar-refractivity contribution in [3.63, 3.8) is 0 Å². The van der Waals surface area contributed by atoms with Gasteiger partial charge >= 0.3 is 5.97 Å². The minimum atomic E-state index is -0.509. The number of nitriles is 1. The molecule has 0 fully saturated rings. The Morgan fingerprint density at radius 2 is 1.79 bits per heavy atom. The lowest BCUT2D eigenvalue weighted by molar-refractivity contribution is -0.141. The first-order valence-electron chi connectivity index (χ1n) is 9.13. The van der Waals surface area contributed by atoms with Gasteiger partial charge in [0.15, 0.2) is 0 Å².